The molecule has 0 radical (unpaired) electrons. The Morgan fingerprint density at radius 1 is 1.41 bits per heavy atom. The van der Waals surface area contributed by atoms with Gasteiger partial charge in [-0.25, -0.2) is 4.98 Å². The van der Waals surface area contributed by atoms with Crippen molar-refractivity contribution in [2.75, 3.05) is 25.0 Å². The summed E-state index contributed by atoms with van der Waals surface area (Å²) in [6, 6.07) is 1.66. The molecule has 94 valence electrons. The van der Waals surface area contributed by atoms with E-state index in [1.54, 1.807) is 17.2 Å². The van der Waals surface area contributed by atoms with E-state index in [0.29, 0.717) is 29.5 Å². The molecule has 0 fully saturated rings. The molecule has 0 aliphatic carbocycles. The van der Waals surface area contributed by atoms with E-state index < -0.39 is 0 Å². The van der Waals surface area contributed by atoms with Gasteiger partial charge in [0, 0.05) is 25.8 Å². The maximum atomic E-state index is 12.0. The Morgan fingerprint density at radius 3 is 2.53 bits per heavy atom. The van der Waals surface area contributed by atoms with E-state index in [1.807, 2.05) is 20.8 Å². The highest BCUT2D eigenvalue weighted by molar-refractivity contribution is 6.33. The highest BCUT2D eigenvalue weighted by atomic mass is 35.5. The van der Waals surface area contributed by atoms with Gasteiger partial charge in [-0.15, -0.1) is 0 Å². The van der Waals surface area contributed by atoms with Gasteiger partial charge in [0.05, 0.1) is 10.6 Å². The summed E-state index contributed by atoms with van der Waals surface area (Å²) in [5.41, 5.74) is 0.528. The Balaban J connectivity index is 2.93. The van der Waals surface area contributed by atoms with E-state index in [-0.39, 0.29) is 5.91 Å². The monoisotopic (exact) mass is 255 g/mol. The van der Waals surface area contributed by atoms with Crippen LogP contribution in [0.1, 0.15) is 31.1 Å². The van der Waals surface area contributed by atoms with Gasteiger partial charge in [-0.1, -0.05) is 11.6 Å². The number of amides is 1. The molecule has 0 unspecified atom stereocenters. The van der Waals surface area contributed by atoms with Gasteiger partial charge in [0.1, 0.15) is 5.82 Å². The SMILES string of the molecule is CCNc1ncc(C(=O)N(CC)CC)cc1Cl. The minimum absolute atomic E-state index is 0.0348. The van der Waals surface area contributed by atoms with Crippen LogP contribution in [-0.4, -0.2) is 35.4 Å². The molecule has 0 aromatic carbocycles. The smallest absolute Gasteiger partial charge is 0.255 e. The summed E-state index contributed by atoms with van der Waals surface area (Å²) in [6.07, 6.45) is 1.56. The molecular weight excluding hydrogens is 238 g/mol. The quantitative estimate of drug-likeness (QED) is 0.880. The summed E-state index contributed by atoms with van der Waals surface area (Å²) < 4.78 is 0. The maximum Gasteiger partial charge on any atom is 0.255 e. The second kappa shape index (κ2) is 6.45. The van der Waals surface area contributed by atoms with Gasteiger partial charge < -0.3 is 10.2 Å². The molecule has 0 atom stereocenters. The van der Waals surface area contributed by atoms with Crippen LogP contribution in [0, 0.1) is 0 Å². The van der Waals surface area contributed by atoms with Crippen molar-refractivity contribution in [1.82, 2.24) is 9.88 Å². The first-order valence-corrected chi connectivity index (χ1v) is 6.20. The molecule has 1 rings (SSSR count). The number of hydrogen-bond donors (Lipinski definition) is 1. The summed E-state index contributed by atoms with van der Waals surface area (Å²) in [7, 11) is 0. The number of pyridine rings is 1. The minimum atomic E-state index is -0.0348. The molecule has 1 heterocycles. The van der Waals surface area contributed by atoms with Crippen molar-refractivity contribution in [3.8, 4) is 0 Å². The van der Waals surface area contributed by atoms with E-state index in [9.17, 15) is 4.79 Å². The van der Waals surface area contributed by atoms with Gasteiger partial charge in [0.15, 0.2) is 0 Å². The van der Waals surface area contributed by atoms with Crippen LogP contribution < -0.4 is 5.32 Å². The lowest BCUT2D eigenvalue weighted by Gasteiger charge is -2.18. The van der Waals surface area contributed by atoms with Crippen LogP contribution >= 0.6 is 11.6 Å². The Morgan fingerprint density at radius 2 is 2.06 bits per heavy atom. The number of anilines is 1. The van der Waals surface area contributed by atoms with Gasteiger partial charge in [-0.3, -0.25) is 4.79 Å². The molecular formula is C12H18ClN3O. The van der Waals surface area contributed by atoms with E-state index in [4.69, 9.17) is 11.6 Å². The van der Waals surface area contributed by atoms with Crippen molar-refractivity contribution < 1.29 is 4.79 Å². The minimum Gasteiger partial charge on any atom is -0.369 e. The molecule has 1 aromatic rings. The van der Waals surface area contributed by atoms with E-state index in [0.717, 1.165) is 6.54 Å². The van der Waals surface area contributed by atoms with Gasteiger partial charge in [-0.2, -0.15) is 0 Å². The molecule has 17 heavy (non-hydrogen) atoms. The van der Waals surface area contributed by atoms with Crippen LogP contribution in [0.5, 0.6) is 0 Å². The van der Waals surface area contributed by atoms with Crippen molar-refractivity contribution in [2.45, 2.75) is 20.8 Å². The number of carbonyl (C=O) groups excluding carboxylic acids is 1. The van der Waals surface area contributed by atoms with Crippen LogP contribution in [-0.2, 0) is 0 Å². The van der Waals surface area contributed by atoms with Crippen LogP contribution in [0.3, 0.4) is 0 Å². The summed E-state index contributed by atoms with van der Waals surface area (Å²) in [4.78, 5) is 17.9. The largest absolute Gasteiger partial charge is 0.369 e. The fraction of sp³-hybridized carbons (Fsp3) is 0.500. The molecule has 1 aromatic heterocycles. The van der Waals surface area contributed by atoms with Gasteiger partial charge in [0.25, 0.3) is 5.91 Å². The first-order chi connectivity index (χ1) is 8.13. The summed E-state index contributed by atoms with van der Waals surface area (Å²) in [6.45, 7) is 7.97. The molecule has 4 nitrogen and oxygen atoms in total. The number of halogens is 1. The summed E-state index contributed by atoms with van der Waals surface area (Å²) in [5.74, 6) is 0.581. The van der Waals surface area contributed by atoms with E-state index in [1.165, 1.54) is 0 Å². The Labute approximate surface area is 107 Å². The standard InChI is InChI=1S/C12H18ClN3O/c1-4-14-11-10(13)7-9(8-15-11)12(17)16(5-2)6-3/h7-8H,4-6H2,1-3H3,(H,14,15). The molecule has 5 heteroatoms. The lowest BCUT2D eigenvalue weighted by Crippen LogP contribution is -2.30. The average Bonchev–Trinajstić information content (AvgIpc) is 2.33. The van der Waals surface area contributed by atoms with Crippen molar-refractivity contribution in [2.24, 2.45) is 0 Å². The zero-order valence-electron chi connectivity index (χ0n) is 10.5. The molecule has 0 saturated heterocycles. The third-order valence-corrected chi connectivity index (χ3v) is 2.77. The Kier molecular flexibility index (Phi) is 5.22. The lowest BCUT2D eigenvalue weighted by atomic mass is 10.2. The topological polar surface area (TPSA) is 45.2 Å². The van der Waals surface area contributed by atoms with Crippen LogP contribution in [0.15, 0.2) is 12.3 Å². The molecule has 0 spiro atoms. The fourth-order valence-corrected chi connectivity index (χ4v) is 1.78. The summed E-state index contributed by atoms with van der Waals surface area (Å²) >= 11 is 6.05. The zero-order valence-corrected chi connectivity index (χ0v) is 11.2. The first-order valence-electron chi connectivity index (χ1n) is 5.82. The predicted molar refractivity (Wildman–Crippen MR) is 70.7 cm³/mol. The summed E-state index contributed by atoms with van der Waals surface area (Å²) in [5, 5.41) is 3.51. The lowest BCUT2D eigenvalue weighted by molar-refractivity contribution is 0.0772. The van der Waals surface area contributed by atoms with Gasteiger partial charge in [-0.05, 0) is 26.8 Å². The molecule has 1 amide bonds. The number of hydrogen-bond acceptors (Lipinski definition) is 3. The van der Waals surface area contributed by atoms with Crippen molar-refractivity contribution in [1.29, 1.82) is 0 Å². The highest BCUT2D eigenvalue weighted by Gasteiger charge is 2.14. The third kappa shape index (κ3) is 3.33. The van der Waals surface area contributed by atoms with Gasteiger partial charge >= 0.3 is 0 Å². The second-order valence-corrected chi connectivity index (χ2v) is 3.97. The fourth-order valence-electron chi connectivity index (χ4n) is 1.55. The Hall–Kier alpha value is -1.29. The van der Waals surface area contributed by atoms with E-state index >= 15 is 0 Å². The van der Waals surface area contributed by atoms with Crippen LogP contribution in [0.4, 0.5) is 5.82 Å². The highest BCUT2D eigenvalue weighted by Crippen LogP contribution is 2.20. The normalized spacial score (nSPS) is 10.1. The van der Waals surface area contributed by atoms with Crippen LogP contribution in [0.25, 0.3) is 0 Å². The number of nitrogens with one attached hydrogen (secondary N) is 1. The maximum absolute atomic E-state index is 12.0. The molecule has 0 saturated carbocycles. The molecule has 0 bridgehead atoms. The third-order valence-electron chi connectivity index (χ3n) is 2.48. The predicted octanol–water partition coefficient (Wildman–Crippen LogP) is 2.65. The van der Waals surface area contributed by atoms with Gasteiger partial charge in [0.2, 0.25) is 0 Å². The Bertz CT molecular complexity index is 391. The number of carbonyl (C=O) groups is 1. The van der Waals surface area contributed by atoms with Crippen molar-refractivity contribution >= 4 is 23.3 Å². The first kappa shape index (κ1) is 13.8. The molecule has 0 aliphatic heterocycles. The number of nitrogens with zero attached hydrogens (tertiary/aromatic N) is 2. The number of rotatable bonds is 5. The molecule has 0 aliphatic rings. The zero-order chi connectivity index (χ0) is 12.8. The average molecular weight is 256 g/mol. The molecule has 1 N–H and O–H groups in total. The second-order valence-electron chi connectivity index (χ2n) is 3.56. The van der Waals surface area contributed by atoms with E-state index in [2.05, 4.69) is 10.3 Å². The van der Waals surface area contributed by atoms with Crippen molar-refractivity contribution in [3.63, 3.8) is 0 Å². The number of aromatic nitrogens is 1. The van der Waals surface area contributed by atoms with Crippen LogP contribution in [0.2, 0.25) is 5.02 Å². The van der Waals surface area contributed by atoms with Crippen molar-refractivity contribution in [3.05, 3.63) is 22.8 Å².